The number of quaternary nitrogens is 1. The molecule has 1 aliphatic heterocycles. The highest BCUT2D eigenvalue weighted by atomic mass is 15.6. The predicted octanol–water partition coefficient (Wildman–Crippen LogP) is 2.77. The molecule has 0 aliphatic carbocycles. The second kappa shape index (κ2) is 3.21. The number of fused-ring (bicyclic) bond motifs is 1. The molecule has 0 radical (unpaired) electrons. The van der Waals surface area contributed by atoms with Crippen LogP contribution in [0.2, 0.25) is 0 Å². The van der Waals surface area contributed by atoms with Crippen molar-refractivity contribution in [1.29, 1.82) is 0 Å². The van der Waals surface area contributed by atoms with Gasteiger partial charge in [-0.05, 0) is 26.8 Å². The van der Waals surface area contributed by atoms with Crippen LogP contribution in [0.4, 0.5) is 5.69 Å². The van der Waals surface area contributed by atoms with E-state index in [1.165, 1.54) is 11.3 Å². The second-order valence-electron chi connectivity index (χ2n) is 4.04. The molecular formula is C12H17N2+. The summed E-state index contributed by atoms with van der Waals surface area (Å²) in [5.41, 5.74) is 2.60. The molecule has 0 saturated heterocycles. The second-order valence-corrected chi connectivity index (χ2v) is 4.04. The Hall–Kier alpha value is -1.15. The summed E-state index contributed by atoms with van der Waals surface area (Å²) in [5.74, 6) is 0. The maximum Gasteiger partial charge on any atom is 0.168 e. The van der Waals surface area contributed by atoms with Crippen molar-refractivity contribution in [2.45, 2.75) is 26.8 Å². The first-order valence-electron chi connectivity index (χ1n) is 5.23. The average Bonchev–Trinajstić information content (AvgIpc) is 2.57. The van der Waals surface area contributed by atoms with Gasteiger partial charge in [-0.1, -0.05) is 17.2 Å². The van der Waals surface area contributed by atoms with E-state index in [4.69, 9.17) is 0 Å². The first-order chi connectivity index (χ1) is 6.70. The Balaban J connectivity index is 2.55. The van der Waals surface area contributed by atoms with Gasteiger partial charge in [-0.25, -0.2) is 0 Å². The smallest absolute Gasteiger partial charge is 0.164 e. The van der Waals surface area contributed by atoms with E-state index in [2.05, 4.69) is 50.1 Å². The first-order valence-corrected chi connectivity index (χ1v) is 5.23. The van der Waals surface area contributed by atoms with Crippen molar-refractivity contribution in [3.05, 3.63) is 29.8 Å². The summed E-state index contributed by atoms with van der Waals surface area (Å²) in [4.78, 5) is 0. The molecule has 1 atom stereocenters. The van der Waals surface area contributed by atoms with E-state index in [1.807, 2.05) is 6.21 Å². The largest absolute Gasteiger partial charge is 0.168 e. The molecule has 2 heteroatoms. The van der Waals surface area contributed by atoms with Crippen molar-refractivity contribution in [3.63, 3.8) is 0 Å². The van der Waals surface area contributed by atoms with Crippen molar-refractivity contribution in [3.8, 4) is 0 Å². The lowest BCUT2D eigenvalue weighted by Crippen LogP contribution is -2.48. The monoisotopic (exact) mass is 189 g/mol. The van der Waals surface area contributed by atoms with Gasteiger partial charge in [-0.3, -0.25) is 0 Å². The predicted molar refractivity (Wildman–Crippen MR) is 61.5 cm³/mol. The highest BCUT2D eigenvalue weighted by Crippen LogP contribution is 2.34. The van der Waals surface area contributed by atoms with Crippen LogP contribution in [0.15, 0.2) is 29.4 Å². The zero-order valence-electron chi connectivity index (χ0n) is 9.07. The molecule has 1 aromatic rings. The minimum Gasteiger partial charge on any atom is -0.164 e. The maximum atomic E-state index is 4.67. The van der Waals surface area contributed by atoms with Gasteiger partial charge in [-0.2, -0.15) is 4.59 Å². The highest BCUT2D eigenvalue weighted by molar-refractivity contribution is 5.91. The zero-order valence-corrected chi connectivity index (χ0v) is 9.07. The van der Waals surface area contributed by atoms with E-state index in [-0.39, 0.29) is 0 Å². The van der Waals surface area contributed by atoms with E-state index in [0.29, 0.717) is 6.04 Å². The summed E-state index contributed by atoms with van der Waals surface area (Å²) in [6, 6.07) is 8.99. The molecular weight excluding hydrogens is 172 g/mol. The molecule has 0 fully saturated rings. The third-order valence-corrected chi connectivity index (χ3v) is 3.09. The molecule has 2 nitrogen and oxygen atoms in total. The van der Waals surface area contributed by atoms with Crippen LogP contribution in [0.1, 0.15) is 26.3 Å². The standard InChI is InChI=1S/C12H17N2/c1-4-14(10(2)3)12-8-6-5-7-11(12)9-13-14/h5-10H,4H2,1-3H3/q+1. The fourth-order valence-electron chi connectivity index (χ4n) is 2.21. The molecule has 1 unspecified atom stereocenters. The lowest BCUT2D eigenvalue weighted by atomic mass is 10.1. The van der Waals surface area contributed by atoms with Crippen LogP contribution in [0.3, 0.4) is 0 Å². The summed E-state index contributed by atoms with van der Waals surface area (Å²) in [7, 11) is 0. The van der Waals surface area contributed by atoms with Gasteiger partial charge in [0.1, 0.15) is 12.6 Å². The molecule has 0 saturated carbocycles. The highest BCUT2D eigenvalue weighted by Gasteiger charge is 2.37. The van der Waals surface area contributed by atoms with E-state index < -0.39 is 0 Å². The number of para-hydroxylation sites is 1. The van der Waals surface area contributed by atoms with Crippen molar-refractivity contribution in [2.75, 3.05) is 6.54 Å². The maximum absolute atomic E-state index is 4.67. The Morgan fingerprint density at radius 1 is 1.29 bits per heavy atom. The molecule has 14 heavy (non-hydrogen) atoms. The number of hydrogen-bond donors (Lipinski definition) is 0. The van der Waals surface area contributed by atoms with Crippen LogP contribution in [0, 0.1) is 0 Å². The molecule has 1 aromatic carbocycles. The molecule has 1 aliphatic rings. The summed E-state index contributed by atoms with van der Waals surface area (Å²) < 4.78 is 0.746. The van der Waals surface area contributed by atoms with E-state index in [1.54, 1.807) is 0 Å². The van der Waals surface area contributed by atoms with E-state index in [0.717, 1.165) is 11.1 Å². The molecule has 1 heterocycles. The fourth-order valence-corrected chi connectivity index (χ4v) is 2.21. The molecule has 74 valence electrons. The van der Waals surface area contributed by atoms with Gasteiger partial charge in [0.05, 0.1) is 11.8 Å². The topological polar surface area (TPSA) is 12.4 Å². The average molecular weight is 189 g/mol. The molecule has 0 N–H and O–H groups in total. The number of nitrogens with zero attached hydrogens (tertiary/aromatic N) is 2. The molecule has 0 aromatic heterocycles. The lowest BCUT2D eigenvalue weighted by Gasteiger charge is -2.31. The van der Waals surface area contributed by atoms with Gasteiger partial charge in [0, 0.05) is 6.07 Å². The Bertz CT molecular complexity index is 368. The third-order valence-electron chi connectivity index (χ3n) is 3.09. The fraction of sp³-hybridized carbons (Fsp3) is 0.417. The van der Waals surface area contributed by atoms with Crippen LogP contribution in [0.5, 0.6) is 0 Å². The van der Waals surface area contributed by atoms with Gasteiger partial charge >= 0.3 is 0 Å². The lowest BCUT2D eigenvalue weighted by molar-refractivity contribution is 0.251. The minimum atomic E-state index is 0.500. The van der Waals surface area contributed by atoms with Crippen molar-refractivity contribution >= 4 is 11.9 Å². The van der Waals surface area contributed by atoms with Crippen molar-refractivity contribution in [1.82, 2.24) is 4.59 Å². The van der Waals surface area contributed by atoms with Crippen molar-refractivity contribution in [2.24, 2.45) is 5.10 Å². The Morgan fingerprint density at radius 3 is 2.64 bits per heavy atom. The van der Waals surface area contributed by atoms with Crippen LogP contribution < -0.4 is 4.59 Å². The van der Waals surface area contributed by atoms with Crippen LogP contribution in [-0.4, -0.2) is 18.8 Å². The van der Waals surface area contributed by atoms with Crippen LogP contribution in [-0.2, 0) is 0 Å². The quantitative estimate of drug-likeness (QED) is 0.634. The van der Waals surface area contributed by atoms with Gasteiger partial charge in [0.25, 0.3) is 0 Å². The summed E-state index contributed by atoms with van der Waals surface area (Å²) in [6.45, 7) is 7.66. The first kappa shape index (κ1) is 9.41. The summed E-state index contributed by atoms with van der Waals surface area (Å²) in [5, 5.41) is 4.67. The Labute approximate surface area is 85.5 Å². The molecule has 0 bridgehead atoms. The van der Waals surface area contributed by atoms with Gasteiger partial charge in [-0.15, -0.1) is 0 Å². The van der Waals surface area contributed by atoms with E-state index >= 15 is 0 Å². The normalized spacial score (nSPS) is 24.3. The summed E-state index contributed by atoms with van der Waals surface area (Å²) in [6.07, 6.45) is 2.00. The van der Waals surface area contributed by atoms with Crippen LogP contribution >= 0.6 is 0 Å². The van der Waals surface area contributed by atoms with Crippen molar-refractivity contribution < 1.29 is 0 Å². The zero-order chi connectivity index (χ0) is 10.2. The van der Waals surface area contributed by atoms with Crippen LogP contribution in [0.25, 0.3) is 0 Å². The van der Waals surface area contributed by atoms with E-state index in [9.17, 15) is 0 Å². The van der Waals surface area contributed by atoms with Gasteiger partial charge < -0.3 is 0 Å². The molecule has 2 rings (SSSR count). The molecule has 0 spiro atoms. The van der Waals surface area contributed by atoms with Gasteiger partial charge in [0.15, 0.2) is 5.69 Å². The number of benzene rings is 1. The number of hydrogen-bond acceptors (Lipinski definition) is 1. The number of rotatable bonds is 2. The minimum absolute atomic E-state index is 0.500. The molecule has 0 amide bonds. The summed E-state index contributed by atoms with van der Waals surface area (Å²) >= 11 is 0. The Kier molecular flexibility index (Phi) is 2.16. The Morgan fingerprint density at radius 2 is 2.00 bits per heavy atom. The SMILES string of the molecule is CC[N+]1(C(C)C)N=Cc2ccccc21. The third kappa shape index (κ3) is 1.11. The van der Waals surface area contributed by atoms with Gasteiger partial charge in [0.2, 0.25) is 0 Å².